The van der Waals surface area contributed by atoms with Gasteiger partial charge in [-0.05, 0) is 55.3 Å². The maximum atomic E-state index is 12.4. The van der Waals surface area contributed by atoms with Crippen LogP contribution in [0.3, 0.4) is 0 Å². The number of ether oxygens (including phenoxy) is 1. The fraction of sp³-hybridized carbons (Fsp3) is 0.304. The highest BCUT2D eigenvalue weighted by Gasteiger charge is 2.16. The van der Waals surface area contributed by atoms with E-state index in [0.29, 0.717) is 18.1 Å². The van der Waals surface area contributed by atoms with Crippen molar-refractivity contribution in [3.63, 3.8) is 0 Å². The normalized spacial score (nSPS) is 10.6. The molecule has 3 rings (SSSR count). The number of hydrogen-bond acceptors (Lipinski definition) is 6. The first kappa shape index (κ1) is 22.0. The summed E-state index contributed by atoms with van der Waals surface area (Å²) in [6.45, 7) is 3.90. The highest BCUT2D eigenvalue weighted by Crippen LogP contribution is 2.20. The molecule has 31 heavy (non-hydrogen) atoms. The summed E-state index contributed by atoms with van der Waals surface area (Å²) in [6.07, 6.45) is 0.461. The molecular formula is C23H26N4O4. The van der Waals surface area contributed by atoms with Crippen molar-refractivity contribution in [2.24, 2.45) is 0 Å². The summed E-state index contributed by atoms with van der Waals surface area (Å²) in [5.74, 6) is 1.13. The summed E-state index contributed by atoms with van der Waals surface area (Å²) in [6, 6.07) is 13.0. The molecule has 0 spiro atoms. The number of hydrogen-bond donors (Lipinski definition) is 1. The molecule has 2 aromatic carbocycles. The average molecular weight is 422 g/mol. The van der Waals surface area contributed by atoms with Crippen LogP contribution >= 0.6 is 0 Å². The lowest BCUT2D eigenvalue weighted by molar-refractivity contribution is -0.133. The molecule has 162 valence electrons. The van der Waals surface area contributed by atoms with E-state index in [0.717, 1.165) is 28.1 Å². The second-order valence-electron chi connectivity index (χ2n) is 7.29. The minimum absolute atomic E-state index is 0.0346. The highest BCUT2D eigenvalue weighted by atomic mass is 16.5. The third-order valence-corrected chi connectivity index (χ3v) is 5.05. The molecule has 8 nitrogen and oxygen atoms in total. The summed E-state index contributed by atoms with van der Waals surface area (Å²) in [4.78, 5) is 30.5. The van der Waals surface area contributed by atoms with Gasteiger partial charge in [0.25, 0.3) is 0 Å². The first-order valence-electron chi connectivity index (χ1n) is 9.94. The zero-order valence-electron chi connectivity index (χ0n) is 18.1. The number of aryl methyl sites for hydroxylation is 2. The Labute approximate surface area is 181 Å². The van der Waals surface area contributed by atoms with Crippen LogP contribution in [0.15, 0.2) is 47.0 Å². The number of carbonyl (C=O) groups excluding carboxylic acids is 2. The molecule has 0 bridgehead atoms. The fourth-order valence-corrected chi connectivity index (χ4v) is 3.00. The summed E-state index contributed by atoms with van der Waals surface area (Å²) in [5.41, 5.74) is 3.65. The van der Waals surface area contributed by atoms with E-state index in [9.17, 15) is 9.59 Å². The number of carbonyl (C=O) groups is 2. The first-order chi connectivity index (χ1) is 14.9. The Balaban J connectivity index is 1.50. The van der Waals surface area contributed by atoms with E-state index in [1.807, 2.05) is 56.3 Å². The number of amides is 2. The molecule has 0 radical (unpaired) electrons. The zero-order valence-corrected chi connectivity index (χ0v) is 18.1. The van der Waals surface area contributed by atoms with Crippen molar-refractivity contribution in [3.05, 3.63) is 59.5 Å². The van der Waals surface area contributed by atoms with Crippen molar-refractivity contribution in [2.45, 2.75) is 26.7 Å². The van der Waals surface area contributed by atoms with Gasteiger partial charge in [-0.1, -0.05) is 17.3 Å². The minimum Gasteiger partial charge on any atom is -0.497 e. The quantitative estimate of drug-likeness (QED) is 0.598. The van der Waals surface area contributed by atoms with E-state index in [1.165, 1.54) is 4.90 Å². The van der Waals surface area contributed by atoms with Gasteiger partial charge in [0.05, 0.1) is 13.7 Å². The van der Waals surface area contributed by atoms with E-state index < -0.39 is 0 Å². The molecule has 8 heteroatoms. The Hall–Kier alpha value is -3.68. The smallest absolute Gasteiger partial charge is 0.243 e. The standard InChI is InChI=1S/C23H26N4O4/c1-15-6-5-7-19(16(15)2)24-20(28)14-27(3)22(29)13-12-21-25-23(26-31-21)17-8-10-18(30-4)11-9-17/h5-11H,12-14H2,1-4H3,(H,24,28). The number of rotatable bonds is 8. The number of benzene rings is 2. The SMILES string of the molecule is COc1ccc(-c2noc(CCC(=O)N(C)CC(=O)Nc3cccc(C)c3C)n2)cc1. The zero-order chi connectivity index (χ0) is 22.4. The van der Waals surface area contributed by atoms with Crippen LogP contribution < -0.4 is 10.1 Å². The van der Waals surface area contributed by atoms with E-state index in [-0.39, 0.29) is 24.8 Å². The van der Waals surface area contributed by atoms with Gasteiger partial charge in [0.15, 0.2) is 0 Å². The number of anilines is 1. The Bertz CT molecular complexity index is 1060. The van der Waals surface area contributed by atoms with Crippen LogP contribution in [0.5, 0.6) is 5.75 Å². The van der Waals surface area contributed by atoms with Gasteiger partial charge < -0.3 is 19.5 Å². The lowest BCUT2D eigenvalue weighted by Crippen LogP contribution is -2.35. The van der Waals surface area contributed by atoms with E-state index in [4.69, 9.17) is 9.26 Å². The molecule has 0 aliphatic rings. The number of nitrogens with zero attached hydrogens (tertiary/aromatic N) is 3. The molecule has 1 aromatic heterocycles. The largest absolute Gasteiger partial charge is 0.497 e. The molecule has 1 heterocycles. The Morgan fingerprint density at radius 1 is 1.13 bits per heavy atom. The molecule has 0 aliphatic carbocycles. The summed E-state index contributed by atoms with van der Waals surface area (Å²) in [5, 5.41) is 6.82. The van der Waals surface area contributed by atoms with Crippen LogP contribution in [0, 0.1) is 13.8 Å². The van der Waals surface area contributed by atoms with E-state index in [1.54, 1.807) is 14.2 Å². The van der Waals surface area contributed by atoms with Crippen LogP contribution in [0.4, 0.5) is 5.69 Å². The van der Waals surface area contributed by atoms with Gasteiger partial charge in [-0.2, -0.15) is 4.98 Å². The Morgan fingerprint density at radius 3 is 2.58 bits per heavy atom. The summed E-state index contributed by atoms with van der Waals surface area (Å²) < 4.78 is 10.4. The monoisotopic (exact) mass is 422 g/mol. The first-order valence-corrected chi connectivity index (χ1v) is 9.94. The topological polar surface area (TPSA) is 97.6 Å². The van der Waals surface area contributed by atoms with E-state index >= 15 is 0 Å². The molecule has 2 amide bonds. The average Bonchev–Trinajstić information content (AvgIpc) is 3.24. The molecule has 0 saturated heterocycles. The van der Waals surface area contributed by atoms with Gasteiger partial charge in [0.2, 0.25) is 23.5 Å². The van der Waals surface area contributed by atoms with Crippen LogP contribution in [-0.4, -0.2) is 47.6 Å². The predicted octanol–water partition coefficient (Wildman–Crippen LogP) is 3.39. The number of methoxy groups -OCH3 is 1. The molecule has 0 unspecified atom stereocenters. The molecule has 0 fully saturated rings. The van der Waals surface area contributed by atoms with Crippen molar-refractivity contribution in [1.29, 1.82) is 0 Å². The maximum absolute atomic E-state index is 12.4. The third kappa shape index (κ3) is 5.69. The second-order valence-corrected chi connectivity index (χ2v) is 7.29. The highest BCUT2D eigenvalue weighted by molar-refractivity contribution is 5.95. The summed E-state index contributed by atoms with van der Waals surface area (Å²) >= 11 is 0. The van der Waals surface area contributed by atoms with Gasteiger partial charge in [0.1, 0.15) is 5.75 Å². The number of aromatic nitrogens is 2. The second kappa shape index (κ2) is 9.88. The van der Waals surface area contributed by atoms with Gasteiger partial charge in [-0.15, -0.1) is 0 Å². The van der Waals surface area contributed by atoms with E-state index in [2.05, 4.69) is 15.5 Å². The lowest BCUT2D eigenvalue weighted by Gasteiger charge is -2.17. The van der Waals surface area contributed by atoms with Crippen molar-refractivity contribution in [1.82, 2.24) is 15.0 Å². The van der Waals surface area contributed by atoms with Gasteiger partial charge in [-0.3, -0.25) is 9.59 Å². The predicted molar refractivity (Wildman–Crippen MR) is 117 cm³/mol. The van der Waals surface area contributed by atoms with Crippen LogP contribution in [0.25, 0.3) is 11.4 Å². The van der Waals surface area contributed by atoms with Gasteiger partial charge in [-0.25, -0.2) is 0 Å². The van der Waals surface area contributed by atoms with Crippen LogP contribution in [0.2, 0.25) is 0 Å². The fourth-order valence-electron chi connectivity index (χ4n) is 3.00. The lowest BCUT2D eigenvalue weighted by atomic mass is 10.1. The van der Waals surface area contributed by atoms with Crippen molar-refractivity contribution < 1.29 is 18.8 Å². The van der Waals surface area contributed by atoms with Gasteiger partial charge >= 0.3 is 0 Å². The molecule has 0 aliphatic heterocycles. The Kier molecular flexibility index (Phi) is 7.02. The van der Waals surface area contributed by atoms with Crippen LogP contribution in [0.1, 0.15) is 23.4 Å². The van der Waals surface area contributed by atoms with Gasteiger partial charge in [0, 0.05) is 31.1 Å². The molecule has 1 N–H and O–H groups in total. The Morgan fingerprint density at radius 2 is 1.87 bits per heavy atom. The minimum atomic E-state index is -0.246. The van der Waals surface area contributed by atoms with Crippen LogP contribution in [-0.2, 0) is 16.0 Å². The van der Waals surface area contributed by atoms with Crippen molar-refractivity contribution in [2.75, 3.05) is 26.0 Å². The molecular weight excluding hydrogens is 396 g/mol. The molecule has 0 saturated carbocycles. The molecule has 3 aromatic rings. The van der Waals surface area contributed by atoms with Crippen molar-refractivity contribution in [3.8, 4) is 17.1 Å². The maximum Gasteiger partial charge on any atom is 0.243 e. The summed E-state index contributed by atoms with van der Waals surface area (Å²) in [7, 11) is 3.20. The molecule has 0 atom stereocenters. The third-order valence-electron chi connectivity index (χ3n) is 5.05. The number of nitrogens with one attached hydrogen (secondary N) is 1. The van der Waals surface area contributed by atoms with Crippen molar-refractivity contribution >= 4 is 17.5 Å². The number of likely N-dealkylation sites (N-methyl/N-ethyl adjacent to an activating group) is 1.